The molecule has 0 unspecified atom stereocenters. The van der Waals surface area contributed by atoms with Crippen LogP contribution in [0.25, 0.3) is 5.52 Å². The number of hydrogen-bond acceptors (Lipinski definition) is 5. The predicted molar refractivity (Wildman–Crippen MR) is 112 cm³/mol. The number of nitrogens with zero attached hydrogens (tertiary/aromatic N) is 3. The van der Waals surface area contributed by atoms with Crippen molar-refractivity contribution in [2.45, 2.75) is 25.0 Å². The van der Waals surface area contributed by atoms with Crippen LogP contribution in [0.5, 0.6) is 5.75 Å². The molecular weight excluding hydrogens is 455 g/mol. The van der Waals surface area contributed by atoms with Gasteiger partial charge in [-0.15, -0.1) is 0 Å². The standard InChI is InChI=1S/C21H20BrFN4O3/c1-29-18-8-14(22)12-27-19(18)13(10-24-27)11-26-6-4-21(5-7-26)16-9-15(23)2-3-17(16)25-20(28)30-21/h2-3,8-10,12H,4-7,11H2,1H3,(H,25,28). The number of halogens is 2. The fourth-order valence-electron chi connectivity index (χ4n) is 4.44. The average molecular weight is 475 g/mol. The number of rotatable bonds is 3. The number of ether oxygens (including phenoxy) is 2. The van der Waals surface area contributed by atoms with Gasteiger partial charge in [-0.2, -0.15) is 5.10 Å². The first-order valence-electron chi connectivity index (χ1n) is 9.69. The van der Waals surface area contributed by atoms with Gasteiger partial charge < -0.3 is 9.47 Å². The summed E-state index contributed by atoms with van der Waals surface area (Å²) in [6.45, 7) is 2.11. The topological polar surface area (TPSA) is 68.1 Å². The summed E-state index contributed by atoms with van der Waals surface area (Å²) < 4.78 is 27.8. The molecule has 0 saturated carbocycles. The van der Waals surface area contributed by atoms with E-state index in [-0.39, 0.29) is 5.82 Å². The summed E-state index contributed by atoms with van der Waals surface area (Å²) in [4.78, 5) is 14.4. The van der Waals surface area contributed by atoms with Crippen molar-refractivity contribution >= 4 is 33.2 Å². The highest BCUT2D eigenvalue weighted by Gasteiger charge is 2.44. The Kier molecular flexibility index (Phi) is 4.67. The van der Waals surface area contributed by atoms with Crippen LogP contribution in [0, 0.1) is 5.82 Å². The van der Waals surface area contributed by atoms with Gasteiger partial charge in [0.25, 0.3) is 0 Å². The lowest BCUT2D eigenvalue weighted by molar-refractivity contribution is -0.0394. The third-order valence-corrected chi connectivity index (χ3v) is 6.33. The second-order valence-electron chi connectivity index (χ2n) is 7.66. The molecule has 0 radical (unpaired) electrons. The first-order chi connectivity index (χ1) is 14.5. The SMILES string of the molecule is COc1cc(Br)cn2ncc(CN3CCC4(CC3)OC(=O)Nc3ccc(F)cc34)c12. The Labute approximate surface area is 180 Å². The molecule has 2 aliphatic heterocycles. The summed E-state index contributed by atoms with van der Waals surface area (Å²) in [6.07, 6.45) is 4.45. The second-order valence-corrected chi connectivity index (χ2v) is 8.58. The lowest BCUT2D eigenvalue weighted by atomic mass is 9.82. The van der Waals surface area contributed by atoms with Gasteiger partial charge in [-0.25, -0.2) is 13.7 Å². The van der Waals surface area contributed by atoms with E-state index in [0.29, 0.717) is 43.7 Å². The summed E-state index contributed by atoms with van der Waals surface area (Å²) in [6, 6.07) is 6.34. The van der Waals surface area contributed by atoms with E-state index in [1.807, 2.05) is 18.5 Å². The van der Waals surface area contributed by atoms with Crippen molar-refractivity contribution in [3.8, 4) is 5.75 Å². The van der Waals surface area contributed by atoms with Crippen LogP contribution >= 0.6 is 15.9 Å². The molecule has 0 aliphatic carbocycles. The Bertz CT molecular complexity index is 1140. The summed E-state index contributed by atoms with van der Waals surface area (Å²) in [5.74, 6) is 0.418. The molecule has 7 nitrogen and oxygen atoms in total. The van der Waals surface area contributed by atoms with Crippen molar-refractivity contribution in [1.29, 1.82) is 0 Å². The normalized spacial score (nSPS) is 18.2. The van der Waals surface area contributed by atoms with Gasteiger partial charge in [-0.1, -0.05) is 0 Å². The lowest BCUT2D eigenvalue weighted by Crippen LogP contribution is -2.48. The van der Waals surface area contributed by atoms with Gasteiger partial charge in [-0.3, -0.25) is 10.2 Å². The van der Waals surface area contributed by atoms with Gasteiger partial charge in [0.2, 0.25) is 0 Å². The van der Waals surface area contributed by atoms with Gasteiger partial charge in [0.1, 0.15) is 22.7 Å². The molecule has 30 heavy (non-hydrogen) atoms. The Morgan fingerprint density at radius 1 is 1.33 bits per heavy atom. The number of pyridine rings is 1. The molecule has 156 valence electrons. The number of anilines is 1. The first-order valence-corrected chi connectivity index (χ1v) is 10.5. The Morgan fingerprint density at radius 2 is 2.13 bits per heavy atom. The van der Waals surface area contributed by atoms with Crippen LogP contribution in [0.15, 0.2) is 41.1 Å². The zero-order chi connectivity index (χ0) is 20.9. The second kappa shape index (κ2) is 7.24. The number of amides is 1. The quantitative estimate of drug-likeness (QED) is 0.612. The third-order valence-electron chi connectivity index (χ3n) is 5.89. The van der Waals surface area contributed by atoms with Crippen molar-refractivity contribution < 1.29 is 18.7 Å². The monoisotopic (exact) mass is 474 g/mol. The summed E-state index contributed by atoms with van der Waals surface area (Å²) in [5.41, 5.74) is 2.54. The minimum atomic E-state index is -0.792. The highest BCUT2D eigenvalue weighted by molar-refractivity contribution is 9.10. The Hall–Kier alpha value is -2.65. The van der Waals surface area contributed by atoms with Gasteiger partial charge in [0, 0.05) is 54.3 Å². The average Bonchev–Trinajstić information content (AvgIpc) is 3.12. The number of aromatic nitrogens is 2. The molecule has 9 heteroatoms. The Balaban J connectivity index is 1.38. The number of carbonyl (C=O) groups is 1. The number of carbonyl (C=O) groups excluding carboxylic acids is 1. The summed E-state index contributed by atoms with van der Waals surface area (Å²) in [7, 11) is 1.64. The summed E-state index contributed by atoms with van der Waals surface area (Å²) in [5, 5.41) is 7.12. The number of piperidine rings is 1. The highest BCUT2D eigenvalue weighted by atomic mass is 79.9. The van der Waals surface area contributed by atoms with E-state index in [0.717, 1.165) is 21.3 Å². The van der Waals surface area contributed by atoms with E-state index in [4.69, 9.17) is 9.47 Å². The number of fused-ring (bicyclic) bond motifs is 3. The van der Waals surface area contributed by atoms with Crippen molar-refractivity contribution in [3.05, 3.63) is 58.1 Å². The fourth-order valence-corrected chi connectivity index (χ4v) is 4.84. The van der Waals surface area contributed by atoms with Gasteiger partial charge in [-0.05, 0) is 40.2 Å². The highest BCUT2D eigenvalue weighted by Crippen LogP contribution is 2.44. The maximum absolute atomic E-state index is 13.9. The lowest BCUT2D eigenvalue weighted by Gasteiger charge is -2.44. The van der Waals surface area contributed by atoms with Crippen molar-refractivity contribution in [2.75, 3.05) is 25.5 Å². The van der Waals surface area contributed by atoms with Crippen molar-refractivity contribution in [1.82, 2.24) is 14.5 Å². The number of benzene rings is 1. The van der Waals surface area contributed by atoms with Crippen LogP contribution < -0.4 is 10.1 Å². The molecule has 1 fully saturated rings. The zero-order valence-electron chi connectivity index (χ0n) is 16.3. The molecule has 5 rings (SSSR count). The van der Waals surface area contributed by atoms with E-state index in [1.54, 1.807) is 17.7 Å². The molecule has 1 aromatic carbocycles. The number of nitrogens with one attached hydrogen (secondary N) is 1. The Morgan fingerprint density at radius 3 is 2.90 bits per heavy atom. The molecule has 1 amide bonds. The van der Waals surface area contributed by atoms with Crippen LogP contribution in [0.2, 0.25) is 0 Å². The molecule has 2 aromatic heterocycles. The van der Waals surface area contributed by atoms with Crippen molar-refractivity contribution in [3.63, 3.8) is 0 Å². The maximum Gasteiger partial charge on any atom is 0.412 e. The first kappa shape index (κ1) is 19.3. The van der Waals surface area contributed by atoms with Crippen LogP contribution in [0.4, 0.5) is 14.9 Å². The summed E-state index contributed by atoms with van der Waals surface area (Å²) >= 11 is 3.47. The number of methoxy groups -OCH3 is 1. The number of likely N-dealkylation sites (tertiary alicyclic amines) is 1. The van der Waals surface area contributed by atoms with Crippen molar-refractivity contribution in [2.24, 2.45) is 0 Å². The minimum Gasteiger partial charge on any atom is -0.494 e. The molecule has 0 bridgehead atoms. The largest absolute Gasteiger partial charge is 0.494 e. The molecule has 1 saturated heterocycles. The van der Waals surface area contributed by atoms with E-state index < -0.39 is 11.7 Å². The van der Waals surface area contributed by atoms with E-state index >= 15 is 0 Å². The minimum absolute atomic E-state index is 0.333. The predicted octanol–water partition coefficient (Wildman–Crippen LogP) is 4.30. The zero-order valence-corrected chi connectivity index (χ0v) is 17.9. The van der Waals surface area contributed by atoms with Gasteiger partial charge in [0.05, 0.1) is 19.0 Å². The van der Waals surface area contributed by atoms with Crippen LogP contribution in [-0.4, -0.2) is 40.8 Å². The van der Waals surface area contributed by atoms with Crippen LogP contribution in [0.3, 0.4) is 0 Å². The van der Waals surface area contributed by atoms with Crippen LogP contribution in [0.1, 0.15) is 24.0 Å². The molecule has 0 atom stereocenters. The molecule has 3 aromatic rings. The molecule has 1 spiro atoms. The van der Waals surface area contributed by atoms with E-state index in [2.05, 4.69) is 31.2 Å². The van der Waals surface area contributed by atoms with E-state index in [1.165, 1.54) is 12.1 Å². The van der Waals surface area contributed by atoms with Crippen LogP contribution in [-0.2, 0) is 16.9 Å². The van der Waals surface area contributed by atoms with Gasteiger partial charge in [0.15, 0.2) is 0 Å². The number of hydrogen-bond donors (Lipinski definition) is 1. The molecule has 4 heterocycles. The van der Waals surface area contributed by atoms with E-state index in [9.17, 15) is 9.18 Å². The van der Waals surface area contributed by atoms with Gasteiger partial charge >= 0.3 is 6.09 Å². The molecule has 1 N–H and O–H groups in total. The fraction of sp³-hybridized carbons (Fsp3) is 0.333. The molecular formula is C21H20BrFN4O3. The third kappa shape index (κ3) is 3.22. The maximum atomic E-state index is 13.9. The smallest absolute Gasteiger partial charge is 0.412 e. The molecule has 2 aliphatic rings.